The lowest BCUT2D eigenvalue weighted by atomic mass is 10.1. The second kappa shape index (κ2) is 8.83. The summed E-state index contributed by atoms with van der Waals surface area (Å²) in [5, 5.41) is 3.19. The zero-order valence-electron chi connectivity index (χ0n) is 15.1. The van der Waals surface area contributed by atoms with E-state index >= 15 is 0 Å². The molecule has 25 heavy (non-hydrogen) atoms. The SMILES string of the molecule is CNc1ncccc1CN(Cc1ccc(OC)cc1)C[C@@H]1CCCO1. The molecule has 0 unspecified atom stereocenters. The standard InChI is InChI=1S/C20H27N3O2/c1-21-20-17(5-3-11-22-20)14-23(15-19-6-4-12-25-19)13-16-7-9-18(24-2)10-8-16/h3,5,7-11,19H,4,6,12-15H2,1-2H3,(H,21,22)/t19-/m0/s1. The maximum Gasteiger partial charge on any atom is 0.130 e. The van der Waals surface area contributed by atoms with Crippen molar-refractivity contribution in [1.29, 1.82) is 0 Å². The van der Waals surface area contributed by atoms with Gasteiger partial charge >= 0.3 is 0 Å². The Morgan fingerprint density at radius 1 is 1.24 bits per heavy atom. The Bertz CT molecular complexity index is 654. The molecule has 1 N–H and O–H groups in total. The Balaban J connectivity index is 1.73. The summed E-state index contributed by atoms with van der Waals surface area (Å²) in [7, 11) is 3.61. The fraction of sp³-hybridized carbons (Fsp3) is 0.450. The van der Waals surface area contributed by atoms with Crippen molar-refractivity contribution in [1.82, 2.24) is 9.88 Å². The number of methoxy groups -OCH3 is 1. The van der Waals surface area contributed by atoms with Crippen LogP contribution in [0.1, 0.15) is 24.0 Å². The fourth-order valence-corrected chi connectivity index (χ4v) is 3.28. The molecule has 1 atom stereocenters. The van der Waals surface area contributed by atoms with Gasteiger partial charge in [0.25, 0.3) is 0 Å². The molecule has 1 fully saturated rings. The van der Waals surface area contributed by atoms with Crippen molar-refractivity contribution < 1.29 is 9.47 Å². The summed E-state index contributed by atoms with van der Waals surface area (Å²) < 4.78 is 11.1. The largest absolute Gasteiger partial charge is 0.497 e. The average molecular weight is 341 g/mol. The summed E-state index contributed by atoms with van der Waals surface area (Å²) in [6.45, 7) is 3.54. The highest BCUT2D eigenvalue weighted by molar-refractivity contribution is 5.42. The molecule has 2 heterocycles. The molecule has 1 aromatic heterocycles. The number of aromatic nitrogens is 1. The van der Waals surface area contributed by atoms with Gasteiger partial charge in [-0.2, -0.15) is 0 Å². The molecule has 1 aliphatic heterocycles. The number of hydrogen-bond donors (Lipinski definition) is 1. The molecule has 134 valence electrons. The highest BCUT2D eigenvalue weighted by atomic mass is 16.5. The molecule has 0 aliphatic carbocycles. The number of nitrogens with zero attached hydrogens (tertiary/aromatic N) is 2. The van der Waals surface area contributed by atoms with Crippen LogP contribution >= 0.6 is 0 Å². The van der Waals surface area contributed by atoms with Gasteiger partial charge in [0.1, 0.15) is 11.6 Å². The van der Waals surface area contributed by atoms with Crippen LogP contribution in [0.5, 0.6) is 5.75 Å². The van der Waals surface area contributed by atoms with Crippen LogP contribution in [0.25, 0.3) is 0 Å². The van der Waals surface area contributed by atoms with E-state index < -0.39 is 0 Å². The first kappa shape index (κ1) is 17.7. The summed E-state index contributed by atoms with van der Waals surface area (Å²) in [6, 6.07) is 12.4. The molecule has 1 aliphatic rings. The monoisotopic (exact) mass is 341 g/mol. The molecule has 3 rings (SSSR count). The molecule has 0 bridgehead atoms. The van der Waals surface area contributed by atoms with Crippen molar-refractivity contribution >= 4 is 5.82 Å². The molecular weight excluding hydrogens is 314 g/mol. The highest BCUT2D eigenvalue weighted by Crippen LogP contribution is 2.20. The lowest BCUT2D eigenvalue weighted by Gasteiger charge is -2.26. The molecule has 0 radical (unpaired) electrons. The Labute approximate surface area is 150 Å². The molecule has 1 aromatic carbocycles. The minimum atomic E-state index is 0.327. The van der Waals surface area contributed by atoms with E-state index in [1.54, 1.807) is 7.11 Å². The Morgan fingerprint density at radius 3 is 2.76 bits per heavy atom. The summed E-state index contributed by atoms with van der Waals surface area (Å²) in [5.41, 5.74) is 2.48. The maximum absolute atomic E-state index is 5.86. The van der Waals surface area contributed by atoms with Gasteiger partial charge in [-0.05, 0) is 36.6 Å². The Kier molecular flexibility index (Phi) is 6.25. The number of pyridine rings is 1. The van der Waals surface area contributed by atoms with Crippen LogP contribution in [-0.2, 0) is 17.8 Å². The zero-order valence-corrected chi connectivity index (χ0v) is 15.1. The number of rotatable bonds is 8. The minimum Gasteiger partial charge on any atom is -0.497 e. The number of nitrogens with one attached hydrogen (secondary N) is 1. The van der Waals surface area contributed by atoms with Crippen LogP contribution < -0.4 is 10.1 Å². The van der Waals surface area contributed by atoms with E-state index in [0.29, 0.717) is 6.10 Å². The third-order valence-corrected chi connectivity index (χ3v) is 4.57. The van der Waals surface area contributed by atoms with E-state index in [4.69, 9.17) is 9.47 Å². The normalized spacial score (nSPS) is 17.0. The van der Waals surface area contributed by atoms with E-state index in [-0.39, 0.29) is 0 Å². The lowest BCUT2D eigenvalue weighted by Crippen LogP contribution is -2.31. The number of hydrogen-bond acceptors (Lipinski definition) is 5. The van der Waals surface area contributed by atoms with Gasteiger partial charge in [-0.25, -0.2) is 4.98 Å². The molecule has 0 saturated carbocycles. The third-order valence-electron chi connectivity index (χ3n) is 4.57. The third kappa shape index (κ3) is 4.94. The fourth-order valence-electron chi connectivity index (χ4n) is 3.28. The van der Waals surface area contributed by atoms with Gasteiger partial charge in [-0.3, -0.25) is 4.90 Å². The summed E-state index contributed by atoms with van der Waals surface area (Å²) in [5.74, 6) is 1.83. The van der Waals surface area contributed by atoms with Crippen molar-refractivity contribution in [2.24, 2.45) is 0 Å². The molecule has 0 spiro atoms. The van der Waals surface area contributed by atoms with Gasteiger partial charge in [0.05, 0.1) is 13.2 Å². The van der Waals surface area contributed by atoms with Gasteiger partial charge in [-0.1, -0.05) is 18.2 Å². The molecule has 5 nitrogen and oxygen atoms in total. The second-order valence-electron chi connectivity index (χ2n) is 6.41. The Morgan fingerprint density at radius 2 is 2.08 bits per heavy atom. The van der Waals surface area contributed by atoms with E-state index in [2.05, 4.69) is 33.4 Å². The number of anilines is 1. The van der Waals surface area contributed by atoms with Crippen LogP contribution in [0, 0.1) is 0 Å². The predicted molar refractivity (Wildman–Crippen MR) is 99.9 cm³/mol. The van der Waals surface area contributed by atoms with E-state index in [9.17, 15) is 0 Å². The second-order valence-corrected chi connectivity index (χ2v) is 6.41. The Hall–Kier alpha value is -2.11. The number of ether oxygens (including phenoxy) is 2. The number of benzene rings is 1. The molecule has 0 amide bonds. The quantitative estimate of drug-likeness (QED) is 0.798. The minimum absolute atomic E-state index is 0.327. The van der Waals surface area contributed by atoms with Crippen LogP contribution in [0.3, 0.4) is 0 Å². The first-order valence-electron chi connectivity index (χ1n) is 8.87. The maximum atomic E-state index is 5.86. The van der Waals surface area contributed by atoms with E-state index in [1.807, 2.05) is 31.4 Å². The van der Waals surface area contributed by atoms with E-state index in [1.165, 1.54) is 11.1 Å². The summed E-state index contributed by atoms with van der Waals surface area (Å²) in [6.07, 6.45) is 4.46. The molecule has 2 aromatic rings. The van der Waals surface area contributed by atoms with Crippen LogP contribution in [0.4, 0.5) is 5.82 Å². The van der Waals surface area contributed by atoms with E-state index in [0.717, 1.165) is 50.7 Å². The smallest absolute Gasteiger partial charge is 0.130 e. The van der Waals surface area contributed by atoms with Crippen LogP contribution in [0.2, 0.25) is 0 Å². The molecule has 5 heteroatoms. The zero-order chi connectivity index (χ0) is 17.5. The van der Waals surface area contributed by atoms with Crippen LogP contribution in [0.15, 0.2) is 42.6 Å². The average Bonchev–Trinajstić information content (AvgIpc) is 3.16. The molecular formula is C20H27N3O2. The van der Waals surface area contributed by atoms with Gasteiger partial charge in [0.15, 0.2) is 0 Å². The molecule has 1 saturated heterocycles. The predicted octanol–water partition coefficient (Wildman–Crippen LogP) is 3.31. The van der Waals surface area contributed by atoms with Gasteiger partial charge < -0.3 is 14.8 Å². The van der Waals surface area contributed by atoms with Crippen molar-refractivity contribution in [3.63, 3.8) is 0 Å². The lowest BCUT2D eigenvalue weighted by molar-refractivity contribution is 0.0679. The van der Waals surface area contributed by atoms with Crippen molar-refractivity contribution in [2.45, 2.75) is 32.0 Å². The summed E-state index contributed by atoms with van der Waals surface area (Å²) >= 11 is 0. The van der Waals surface area contributed by atoms with Gasteiger partial charge in [0, 0.05) is 45.0 Å². The first-order chi connectivity index (χ1) is 12.3. The first-order valence-corrected chi connectivity index (χ1v) is 8.87. The highest BCUT2D eigenvalue weighted by Gasteiger charge is 2.20. The topological polar surface area (TPSA) is 46.6 Å². The van der Waals surface area contributed by atoms with Gasteiger partial charge in [0.2, 0.25) is 0 Å². The van der Waals surface area contributed by atoms with Crippen molar-refractivity contribution in [2.75, 3.05) is 32.6 Å². The van der Waals surface area contributed by atoms with Gasteiger partial charge in [-0.15, -0.1) is 0 Å². The van der Waals surface area contributed by atoms with Crippen LogP contribution in [-0.4, -0.2) is 43.3 Å². The van der Waals surface area contributed by atoms with Crippen molar-refractivity contribution in [3.05, 3.63) is 53.7 Å². The summed E-state index contributed by atoms with van der Waals surface area (Å²) in [4.78, 5) is 6.87. The van der Waals surface area contributed by atoms with Crippen molar-refractivity contribution in [3.8, 4) is 5.75 Å².